The van der Waals surface area contributed by atoms with Crippen molar-refractivity contribution in [3.63, 3.8) is 0 Å². The lowest BCUT2D eigenvalue weighted by Gasteiger charge is -2.30. The van der Waals surface area contributed by atoms with E-state index in [9.17, 15) is 4.79 Å². The minimum atomic E-state index is -0.932. The van der Waals surface area contributed by atoms with Gasteiger partial charge in [-0.2, -0.15) is 0 Å². The van der Waals surface area contributed by atoms with E-state index in [1.807, 2.05) is 47.6 Å². The molecule has 0 bridgehead atoms. The quantitative estimate of drug-likeness (QED) is 0.288. The van der Waals surface area contributed by atoms with Crippen LogP contribution in [-0.2, 0) is 25.4 Å². The maximum absolute atomic E-state index is 13.5. The normalized spacial score (nSPS) is 17.2. The Labute approximate surface area is 241 Å². The second-order valence-electron chi connectivity index (χ2n) is 11.7. The number of hydrogen-bond acceptors (Lipinski definition) is 6. The van der Waals surface area contributed by atoms with Crippen LogP contribution in [-0.4, -0.2) is 42.5 Å². The van der Waals surface area contributed by atoms with Gasteiger partial charge < -0.3 is 18.9 Å². The molecule has 3 heterocycles. The molecule has 1 atom stereocenters. The van der Waals surface area contributed by atoms with Crippen LogP contribution in [0, 0.1) is 12.8 Å². The number of allylic oxidation sites excluding steroid dienone is 1. The molecular weight excluding hydrogens is 558 g/mol. The molecule has 7 heteroatoms. The number of rotatable bonds is 8. The maximum atomic E-state index is 13.5. The smallest absolute Gasteiger partial charge is 0.340 e. The van der Waals surface area contributed by atoms with E-state index in [-0.39, 0.29) is 6.10 Å². The van der Waals surface area contributed by atoms with Crippen LogP contribution < -0.4 is 4.74 Å². The van der Waals surface area contributed by atoms with Gasteiger partial charge in [0.05, 0.1) is 28.5 Å². The lowest BCUT2D eigenvalue weighted by Crippen LogP contribution is -2.31. The van der Waals surface area contributed by atoms with Gasteiger partial charge in [0.15, 0.2) is 6.10 Å². The van der Waals surface area contributed by atoms with Gasteiger partial charge in [-0.15, -0.1) is 0 Å². The molecule has 1 aromatic carbocycles. The number of halogens is 1. The first-order valence-electron chi connectivity index (χ1n) is 14.1. The molecule has 0 N–H and O–H groups in total. The second-order valence-corrected chi connectivity index (χ2v) is 12.5. The van der Waals surface area contributed by atoms with Gasteiger partial charge in [-0.25, -0.2) is 4.79 Å². The Morgan fingerprint density at radius 3 is 2.64 bits per heavy atom. The van der Waals surface area contributed by atoms with Crippen molar-refractivity contribution in [3.05, 3.63) is 51.3 Å². The average molecular weight is 601 g/mol. The molecule has 0 spiro atoms. The largest absolute Gasteiger partial charge is 0.493 e. The summed E-state index contributed by atoms with van der Waals surface area (Å²) in [5.74, 6) is 1.14. The third-order valence-corrected chi connectivity index (χ3v) is 7.78. The minimum absolute atomic E-state index is 0.267. The topological polar surface area (TPSA) is 66.9 Å². The van der Waals surface area contributed by atoms with Crippen molar-refractivity contribution >= 4 is 28.0 Å². The van der Waals surface area contributed by atoms with Gasteiger partial charge in [0.25, 0.3) is 0 Å². The molecule has 0 saturated carbocycles. The van der Waals surface area contributed by atoms with Gasteiger partial charge in [0, 0.05) is 30.0 Å². The number of carbonyl (C=O) groups excluding carboxylic acids is 1. The van der Waals surface area contributed by atoms with E-state index in [1.165, 1.54) is 5.56 Å². The molecule has 1 fully saturated rings. The minimum Gasteiger partial charge on any atom is -0.493 e. The monoisotopic (exact) mass is 599 g/mol. The number of aryl methyl sites for hydroxylation is 2. The van der Waals surface area contributed by atoms with Crippen molar-refractivity contribution in [3.8, 4) is 16.9 Å². The van der Waals surface area contributed by atoms with Crippen LogP contribution >= 0.6 is 15.9 Å². The van der Waals surface area contributed by atoms with Crippen molar-refractivity contribution in [1.29, 1.82) is 0 Å². The highest BCUT2D eigenvalue weighted by atomic mass is 79.9. The number of carbonyl (C=O) groups is 1. The van der Waals surface area contributed by atoms with E-state index >= 15 is 0 Å². The lowest BCUT2D eigenvalue weighted by atomic mass is 9.91. The Bertz CT molecular complexity index is 1190. The number of ether oxygens (including phenoxy) is 4. The molecule has 2 aliphatic heterocycles. The molecule has 2 aliphatic rings. The van der Waals surface area contributed by atoms with Crippen LogP contribution in [0.15, 0.2) is 28.7 Å². The van der Waals surface area contributed by atoms with Crippen LogP contribution in [0.5, 0.6) is 5.75 Å². The summed E-state index contributed by atoms with van der Waals surface area (Å²) in [4.78, 5) is 18.5. The van der Waals surface area contributed by atoms with E-state index in [0.717, 1.165) is 90.2 Å². The molecule has 0 radical (unpaired) electrons. The summed E-state index contributed by atoms with van der Waals surface area (Å²) in [6.45, 7) is 13.9. The van der Waals surface area contributed by atoms with E-state index < -0.39 is 17.7 Å². The first-order valence-corrected chi connectivity index (χ1v) is 14.9. The fourth-order valence-electron chi connectivity index (χ4n) is 5.17. The van der Waals surface area contributed by atoms with Crippen molar-refractivity contribution in [1.82, 2.24) is 4.98 Å². The Kier molecular flexibility index (Phi) is 9.89. The molecule has 0 unspecified atom stereocenters. The molecule has 0 aliphatic carbocycles. The molecule has 1 aromatic heterocycles. The van der Waals surface area contributed by atoms with Crippen molar-refractivity contribution in [2.24, 2.45) is 5.92 Å². The number of pyridine rings is 1. The number of fused-ring (bicyclic) bond motifs is 1. The SMILES string of the molecule is Cc1nc(/C=C/CC2CCOCC2)c(Br)c(-c2ccc3c(c2)CCCO3)c1[C@H](OC(C)(C)C)C(=O)OC(C)C. The fourth-order valence-corrected chi connectivity index (χ4v) is 5.84. The van der Waals surface area contributed by atoms with E-state index in [1.54, 1.807) is 0 Å². The lowest BCUT2D eigenvalue weighted by molar-refractivity contribution is -0.171. The standard InChI is InChI=1S/C32H42BrNO5/c1-20(2)38-31(35)30(39-32(4,5)6)27-21(3)34-25(11-7-9-22-14-17-36-18-15-22)29(33)28(27)24-12-13-26-23(19-24)10-8-16-37-26/h7,11-13,19-20,22,30H,8-10,14-18H2,1-6H3/b11-7+/t30-/m0/s1. The fraction of sp³-hybridized carbons (Fsp3) is 0.562. The third-order valence-electron chi connectivity index (χ3n) is 6.97. The molecule has 4 rings (SSSR count). The van der Waals surface area contributed by atoms with Crippen molar-refractivity contribution in [2.75, 3.05) is 19.8 Å². The van der Waals surface area contributed by atoms with E-state index in [2.05, 4.69) is 40.2 Å². The van der Waals surface area contributed by atoms with Crippen LogP contribution in [0.3, 0.4) is 0 Å². The number of nitrogens with zero attached hydrogens (tertiary/aromatic N) is 1. The molecule has 39 heavy (non-hydrogen) atoms. The van der Waals surface area contributed by atoms with Gasteiger partial charge in [-0.05, 0) is 125 Å². The first-order chi connectivity index (χ1) is 18.5. The van der Waals surface area contributed by atoms with E-state index in [0.29, 0.717) is 5.92 Å². The Balaban J connectivity index is 1.84. The Morgan fingerprint density at radius 1 is 1.21 bits per heavy atom. The number of benzene rings is 1. The van der Waals surface area contributed by atoms with Gasteiger partial charge >= 0.3 is 5.97 Å². The highest BCUT2D eigenvalue weighted by Crippen LogP contribution is 2.43. The van der Waals surface area contributed by atoms with Gasteiger partial charge in [0.2, 0.25) is 0 Å². The van der Waals surface area contributed by atoms with Gasteiger partial charge in [-0.3, -0.25) is 4.98 Å². The molecule has 1 saturated heterocycles. The first kappa shape index (κ1) is 29.8. The predicted octanol–water partition coefficient (Wildman–Crippen LogP) is 7.78. The maximum Gasteiger partial charge on any atom is 0.340 e. The second kappa shape index (κ2) is 13.0. The summed E-state index contributed by atoms with van der Waals surface area (Å²) >= 11 is 3.90. The third kappa shape index (κ3) is 7.71. The Morgan fingerprint density at radius 2 is 1.95 bits per heavy atom. The zero-order valence-electron chi connectivity index (χ0n) is 24.1. The highest BCUT2D eigenvalue weighted by Gasteiger charge is 2.35. The zero-order chi connectivity index (χ0) is 28.2. The summed E-state index contributed by atoms with van der Waals surface area (Å²) in [5.41, 5.74) is 4.77. The van der Waals surface area contributed by atoms with Crippen molar-refractivity contribution < 1.29 is 23.7 Å². The van der Waals surface area contributed by atoms with Crippen molar-refractivity contribution in [2.45, 2.75) is 91.5 Å². The highest BCUT2D eigenvalue weighted by molar-refractivity contribution is 9.10. The summed E-state index contributed by atoms with van der Waals surface area (Å²) in [6, 6.07) is 6.27. The van der Waals surface area contributed by atoms with E-state index in [4.69, 9.17) is 23.9 Å². The summed E-state index contributed by atoms with van der Waals surface area (Å²) in [7, 11) is 0. The average Bonchev–Trinajstić information content (AvgIpc) is 2.88. The number of aromatic nitrogens is 1. The molecule has 2 aromatic rings. The predicted molar refractivity (Wildman–Crippen MR) is 158 cm³/mol. The van der Waals surface area contributed by atoms with Crippen LogP contribution in [0.4, 0.5) is 0 Å². The van der Waals surface area contributed by atoms with Crippen LogP contribution in [0.25, 0.3) is 17.2 Å². The van der Waals surface area contributed by atoms with Gasteiger partial charge in [-0.1, -0.05) is 12.1 Å². The molecular formula is C32H42BrNO5. The summed E-state index contributed by atoms with van der Waals surface area (Å²) in [5, 5.41) is 0. The molecule has 0 amide bonds. The summed E-state index contributed by atoms with van der Waals surface area (Å²) in [6.07, 6.45) is 8.20. The van der Waals surface area contributed by atoms with Gasteiger partial charge in [0.1, 0.15) is 5.75 Å². The summed E-state index contributed by atoms with van der Waals surface area (Å²) < 4.78 is 24.3. The Hall–Kier alpha value is -2.22. The number of esters is 1. The van der Waals surface area contributed by atoms with Crippen LogP contribution in [0.1, 0.15) is 88.9 Å². The molecule has 212 valence electrons. The molecule has 6 nitrogen and oxygen atoms in total. The number of hydrogen-bond donors (Lipinski definition) is 0. The van der Waals surface area contributed by atoms with Crippen LogP contribution in [0.2, 0.25) is 0 Å². The zero-order valence-corrected chi connectivity index (χ0v) is 25.7.